The van der Waals surface area contributed by atoms with Crippen molar-refractivity contribution in [2.75, 3.05) is 0 Å². The van der Waals surface area contributed by atoms with Crippen molar-refractivity contribution in [1.82, 2.24) is 0 Å². The van der Waals surface area contributed by atoms with Gasteiger partial charge in [0.05, 0.1) is 6.10 Å². The van der Waals surface area contributed by atoms with E-state index in [4.69, 9.17) is 4.74 Å². The molecule has 2 atom stereocenters. The third-order valence-electron chi connectivity index (χ3n) is 3.15. The molecule has 0 aromatic heterocycles. The normalized spacial score (nSPS) is 20.0. The van der Waals surface area contributed by atoms with Gasteiger partial charge in [-0.05, 0) is 18.1 Å². The summed E-state index contributed by atoms with van der Waals surface area (Å²) in [4.78, 5) is 11.1. The smallest absolute Gasteiger partial charge is 0.331 e. The molecule has 0 unspecified atom stereocenters. The van der Waals surface area contributed by atoms with Gasteiger partial charge in [-0.2, -0.15) is 0 Å². The third-order valence-corrected chi connectivity index (χ3v) is 3.15. The van der Waals surface area contributed by atoms with E-state index in [0.29, 0.717) is 12.8 Å². The van der Waals surface area contributed by atoms with Crippen molar-refractivity contribution in [2.24, 2.45) is 0 Å². The Morgan fingerprint density at radius 1 is 1.27 bits per heavy atom. The van der Waals surface area contributed by atoms with E-state index in [1.54, 1.807) is 12.2 Å². The molecule has 1 aliphatic heterocycles. The molecule has 3 nitrogen and oxygen atoms in total. The van der Waals surface area contributed by atoms with Gasteiger partial charge in [-0.1, -0.05) is 66.8 Å². The van der Waals surface area contributed by atoms with E-state index in [1.165, 1.54) is 6.08 Å². The number of aliphatic hydroxyl groups excluding tert-OH is 1. The fraction of sp³-hybridized carbons (Fsp3) is 0.211. The average molecular weight is 296 g/mol. The Morgan fingerprint density at radius 2 is 2.09 bits per heavy atom. The zero-order valence-electron chi connectivity index (χ0n) is 12.3. The molecular weight excluding hydrogens is 276 g/mol. The van der Waals surface area contributed by atoms with Gasteiger partial charge >= 0.3 is 5.97 Å². The molecule has 1 aromatic carbocycles. The topological polar surface area (TPSA) is 46.5 Å². The molecule has 1 aromatic rings. The molecule has 0 fully saturated rings. The van der Waals surface area contributed by atoms with E-state index in [-0.39, 0.29) is 12.1 Å². The van der Waals surface area contributed by atoms with Crippen molar-refractivity contribution in [3.63, 3.8) is 0 Å². The largest absolute Gasteiger partial charge is 0.455 e. The summed E-state index contributed by atoms with van der Waals surface area (Å²) >= 11 is 0. The SMILES string of the molecule is O=C1C=CC[C@@H](C=CC[C@H](O)C=CC=Cc2ccccc2)O1. The lowest BCUT2D eigenvalue weighted by Gasteiger charge is -2.14. The van der Waals surface area contributed by atoms with Crippen molar-refractivity contribution in [3.05, 3.63) is 78.4 Å². The molecule has 114 valence electrons. The summed E-state index contributed by atoms with van der Waals surface area (Å²) in [5.74, 6) is -0.313. The van der Waals surface area contributed by atoms with Crippen LogP contribution in [0.3, 0.4) is 0 Å². The maximum absolute atomic E-state index is 11.1. The monoisotopic (exact) mass is 296 g/mol. The zero-order valence-corrected chi connectivity index (χ0v) is 12.3. The highest BCUT2D eigenvalue weighted by Gasteiger charge is 2.12. The molecule has 0 aliphatic carbocycles. The van der Waals surface area contributed by atoms with Crippen LogP contribution in [0, 0.1) is 0 Å². The predicted molar refractivity (Wildman–Crippen MR) is 88.0 cm³/mol. The van der Waals surface area contributed by atoms with Crippen molar-refractivity contribution in [3.8, 4) is 0 Å². The van der Waals surface area contributed by atoms with Crippen LogP contribution in [-0.2, 0) is 9.53 Å². The number of rotatable bonds is 6. The van der Waals surface area contributed by atoms with Gasteiger partial charge in [-0.3, -0.25) is 0 Å². The minimum atomic E-state index is -0.550. The van der Waals surface area contributed by atoms with Crippen molar-refractivity contribution in [2.45, 2.75) is 25.0 Å². The van der Waals surface area contributed by atoms with Crippen LogP contribution in [0.1, 0.15) is 18.4 Å². The second-order valence-electron chi connectivity index (χ2n) is 5.00. The van der Waals surface area contributed by atoms with Crippen LogP contribution in [0.15, 0.2) is 72.9 Å². The fourth-order valence-electron chi connectivity index (χ4n) is 2.02. The summed E-state index contributed by atoms with van der Waals surface area (Å²) < 4.78 is 5.09. The van der Waals surface area contributed by atoms with Crippen LogP contribution in [0.5, 0.6) is 0 Å². The molecule has 0 saturated heterocycles. The molecule has 1 aliphatic rings. The number of carbonyl (C=O) groups is 1. The van der Waals surface area contributed by atoms with Crippen LogP contribution in [0.2, 0.25) is 0 Å². The summed E-state index contributed by atoms with van der Waals surface area (Å²) in [6, 6.07) is 9.97. The number of ether oxygens (including phenoxy) is 1. The Balaban J connectivity index is 1.72. The number of carbonyl (C=O) groups excluding carboxylic acids is 1. The molecule has 0 amide bonds. The van der Waals surface area contributed by atoms with Gasteiger partial charge in [0.1, 0.15) is 6.10 Å². The lowest BCUT2D eigenvalue weighted by molar-refractivity contribution is -0.141. The standard InChI is InChI=1S/C19H20O3/c20-17(11-5-4-10-16-8-2-1-3-9-16)12-6-13-18-14-7-15-19(21)22-18/h1-11,13,15,17-18,20H,12,14H2/t17-,18-/m1/s1. The first-order valence-corrected chi connectivity index (χ1v) is 7.36. The molecule has 2 rings (SSSR count). The Labute approximate surface area is 130 Å². The lowest BCUT2D eigenvalue weighted by Crippen LogP contribution is -2.17. The Bertz CT molecular complexity index is 582. The van der Waals surface area contributed by atoms with Gasteiger partial charge in [0, 0.05) is 12.5 Å². The molecule has 22 heavy (non-hydrogen) atoms. The molecule has 1 N–H and O–H groups in total. The third kappa shape index (κ3) is 5.94. The number of hydrogen-bond acceptors (Lipinski definition) is 3. The first-order chi connectivity index (χ1) is 10.7. The summed E-state index contributed by atoms with van der Waals surface area (Å²) in [6.45, 7) is 0. The number of cyclic esters (lactones) is 1. The molecule has 0 spiro atoms. The second kappa shape index (κ2) is 8.80. The van der Waals surface area contributed by atoms with Crippen LogP contribution in [0.25, 0.3) is 6.08 Å². The Morgan fingerprint density at radius 3 is 2.86 bits per heavy atom. The first kappa shape index (κ1) is 16.0. The van der Waals surface area contributed by atoms with E-state index >= 15 is 0 Å². The molecule has 0 saturated carbocycles. The van der Waals surface area contributed by atoms with Gasteiger partial charge in [-0.15, -0.1) is 0 Å². The van der Waals surface area contributed by atoms with Crippen LogP contribution < -0.4 is 0 Å². The number of benzene rings is 1. The maximum atomic E-state index is 11.1. The van der Waals surface area contributed by atoms with Crippen LogP contribution >= 0.6 is 0 Å². The van der Waals surface area contributed by atoms with Crippen LogP contribution in [0.4, 0.5) is 0 Å². The molecule has 0 radical (unpaired) electrons. The van der Waals surface area contributed by atoms with Crippen molar-refractivity contribution >= 4 is 12.0 Å². The highest BCUT2D eigenvalue weighted by molar-refractivity contribution is 5.82. The van der Waals surface area contributed by atoms with E-state index in [1.807, 2.05) is 60.7 Å². The van der Waals surface area contributed by atoms with Gasteiger partial charge in [0.15, 0.2) is 0 Å². The molecular formula is C19H20O3. The summed E-state index contributed by atoms with van der Waals surface area (Å²) in [6.07, 6.45) is 14.7. The number of esters is 1. The summed E-state index contributed by atoms with van der Waals surface area (Å²) in [5, 5.41) is 9.83. The van der Waals surface area contributed by atoms with Gasteiger partial charge in [0.2, 0.25) is 0 Å². The van der Waals surface area contributed by atoms with Gasteiger partial charge in [0.25, 0.3) is 0 Å². The molecule has 3 heteroatoms. The average Bonchev–Trinajstić information content (AvgIpc) is 2.53. The van der Waals surface area contributed by atoms with Gasteiger partial charge < -0.3 is 9.84 Å². The highest BCUT2D eigenvalue weighted by atomic mass is 16.5. The lowest BCUT2D eigenvalue weighted by atomic mass is 10.1. The van der Waals surface area contributed by atoms with E-state index in [9.17, 15) is 9.90 Å². The van der Waals surface area contributed by atoms with Crippen molar-refractivity contribution in [1.29, 1.82) is 0 Å². The Kier molecular flexibility index (Phi) is 6.39. The quantitative estimate of drug-likeness (QED) is 0.497. The number of aliphatic hydroxyl groups is 1. The van der Waals surface area contributed by atoms with E-state index in [0.717, 1.165) is 5.56 Å². The minimum Gasteiger partial charge on any atom is -0.455 e. The Hall–Kier alpha value is -2.39. The van der Waals surface area contributed by atoms with Crippen LogP contribution in [-0.4, -0.2) is 23.3 Å². The van der Waals surface area contributed by atoms with E-state index < -0.39 is 6.10 Å². The first-order valence-electron chi connectivity index (χ1n) is 7.36. The minimum absolute atomic E-state index is 0.216. The van der Waals surface area contributed by atoms with Crippen molar-refractivity contribution < 1.29 is 14.6 Å². The summed E-state index contributed by atoms with van der Waals surface area (Å²) in [5.41, 5.74) is 1.12. The zero-order chi connectivity index (χ0) is 15.6. The summed E-state index contributed by atoms with van der Waals surface area (Å²) in [7, 11) is 0. The van der Waals surface area contributed by atoms with E-state index in [2.05, 4.69) is 0 Å². The second-order valence-corrected chi connectivity index (χ2v) is 5.00. The molecule has 0 bridgehead atoms. The predicted octanol–water partition coefficient (Wildman–Crippen LogP) is 3.43. The number of allylic oxidation sites excluding steroid dienone is 2. The molecule has 1 heterocycles. The maximum Gasteiger partial charge on any atom is 0.331 e. The number of hydrogen-bond donors (Lipinski definition) is 1. The fourth-order valence-corrected chi connectivity index (χ4v) is 2.02. The highest BCUT2D eigenvalue weighted by Crippen LogP contribution is 2.09. The van der Waals surface area contributed by atoms with Gasteiger partial charge in [-0.25, -0.2) is 4.79 Å².